The Morgan fingerprint density at radius 3 is 2.60 bits per heavy atom. The van der Waals surface area contributed by atoms with Gasteiger partial charge in [0.05, 0.1) is 18.8 Å². The van der Waals surface area contributed by atoms with Crippen molar-refractivity contribution < 1.29 is 4.74 Å². The first kappa shape index (κ1) is 14.1. The van der Waals surface area contributed by atoms with Gasteiger partial charge in [-0.2, -0.15) is 0 Å². The van der Waals surface area contributed by atoms with Crippen LogP contribution in [-0.4, -0.2) is 49.5 Å². The van der Waals surface area contributed by atoms with E-state index >= 15 is 0 Å². The third kappa shape index (κ3) is 2.80. The van der Waals surface area contributed by atoms with Crippen LogP contribution in [0.25, 0.3) is 5.57 Å². The van der Waals surface area contributed by atoms with Gasteiger partial charge < -0.3 is 26.8 Å². The van der Waals surface area contributed by atoms with Crippen molar-refractivity contribution in [3.8, 4) is 0 Å². The Morgan fingerprint density at radius 2 is 2.00 bits per heavy atom. The number of hydrogen-bond donors (Lipinski definition) is 3. The van der Waals surface area contributed by atoms with Gasteiger partial charge in [-0.15, -0.1) is 0 Å². The van der Waals surface area contributed by atoms with Gasteiger partial charge in [0, 0.05) is 32.6 Å². The van der Waals surface area contributed by atoms with Crippen LogP contribution in [0.3, 0.4) is 0 Å². The minimum atomic E-state index is 0.236. The number of morpholine rings is 1. The summed E-state index contributed by atoms with van der Waals surface area (Å²) in [6, 6.07) is 0. The van der Waals surface area contributed by atoms with Crippen molar-refractivity contribution in [1.29, 1.82) is 0 Å². The van der Waals surface area contributed by atoms with E-state index in [1.54, 1.807) is 13.3 Å². The van der Waals surface area contributed by atoms with Crippen LogP contribution < -0.4 is 22.1 Å². The third-order valence-electron chi connectivity index (χ3n) is 2.97. The Kier molecular flexibility index (Phi) is 4.36. The van der Waals surface area contributed by atoms with Crippen LogP contribution in [0.1, 0.15) is 5.82 Å². The largest absolute Gasteiger partial charge is 0.404 e. The smallest absolute Gasteiger partial charge is 0.167 e. The second-order valence-electron chi connectivity index (χ2n) is 4.28. The molecule has 0 atom stereocenters. The second-order valence-corrected chi connectivity index (χ2v) is 4.28. The predicted octanol–water partition coefficient (Wildman–Crippen LogP) is -0.522. The molecule has 1 aliphatic heterocycles. The van der Waals surface area contributed by atoms with Gasteiger partial charge in [0.2, 0.25) is 0 Å². The molecule has 0 radical (unpaired) electrons. The van der Waals surface area contributed by atoms with Crippen LogP contribution in [0, 0.1) is 0 Å². The summed E-state index contributed by atoms with van der Waals surface area (Å²) in [6.45, 7) is 2.69. The van der Waals surface area contributed by atoms with Gasteiger partial charge in [-0.3, -0.25) is 4.99 Å². The maximum atomic E-state index is 5.98. The average molecular weight is 277 g/mol. The summed E-state index contributed by atoms with van der Waals surface area (Å²) in [7, 11) is 1.65. The molecule has 2 rings (SSSR count). The first-order valence-corrected chi connectivity index (χ1v) is 6.27. The van der Waals surface area contributed by atoms with E-state index in [0.717, 1.165) is 0 Å². The number of nitrogen functional groups attached to an aromatic ring is 2. The molecule has 6 N–H and O–H groups in total. The van der Waals surface area contributed by atoms with Crippen molar-refractivity contribution in [3.63, 3.8) is 0 Å². The van der Waals surface area contributed by atoms with Crippen molar-refractivity contribution >= 4 is 29.1 Å². The Bertz CT molecular complexity index is 535. The number of nitrogens with two attached hydrogens (primary N) is 3. The number of rotatable bonds is 3. The van der Waals surface area contributed by atoms with Gasteiger partial charge in [0.1, 0.15) is 5.69 Å². The number of aromatic nitrogens is 2. The molecule has 1 saturated heterocycles. The van der Waals surface area contributed by atoms with E-state index in [-0.39, 0.29) is 5.82 Å². The highest BCUT2D eigenvalue weighted by molar-refractivity contribution is 6.08. The molecule has 1 aromatic rings. The average Bonchev–Trinajstić information content (AvgIpc) is 2.48. The van der Waals surface area contributed by atoms with Crippen LogP contribution in [0.5, 0.6) is 0 Å². The molecule has 1 fully saturated rings. The van der Waals surface area contributed by atoms with Gasteiger partial charge in [-0.05, 0) is 0 Å². The summed E-state index contributed by atoms with van der Waals surface area (Å²) in [6.07, 6.45) is 2.97. The number of allylic oxidation sites excluding steroid dienone is 1. The molecule has 0 spiro atoms. The van der Waals surface area contributed by atoms with Gasteiger partial charge in [0.25, 0.3) is 0 Å². The van der Waals surface area contributed by atoms with Gasteiger partial charge in [0.15, 0.2) is 17.5 Å². The molecule has 108 valence electrons. The summed E-state index contributed by atoms with van der Waals surface area (Å²) in [5, 5.41) is 0. The molecule has 0 aliphatic carbocycles. The van der Waals surface area contributed by atoms with Crippen molar-refractivity contribution in [2.24, 2.45) is 10.7 Å². The Labute approximate surface area is 117 Å². The molecule has 8 nitrogen and oxygen atoms in total. The molecule has 1 aromatic heterocycles. The molecule has 0 saturated carbocycles. The van der Waals surface area contributed by atoms with Crippen molar-refractivity contribution in [1.82, 2.24) is 9.97 Å². The van der Waals surface area contributed by atoms with Crippen molar-refractivity contribution in [2.75, 3.05) is 49.7 Å². The van der Waals surface area contributed by atoms with Crippen LogP contribution in [0.2, 0.25) is 0 Å². The first-order chi connectivity index (χ1) is 9.67. The fourth-order valence-corrected chi connectivity index (χ4v) is 1.93. The monoisotopic (exact) mass is 277 g/mol. The van der Waals surface area contributed by atoms with E-state index in [2.05, 4.69) is 15.0 Å². The van der Waals surface area contributed by atoms with Crippen LogP contribution in [-0.2, 0) is 4.74 Å². The van der Waals surface area contributed by atoms with E-state index in [1.165, 1.54) is 6.20 Å². The molecule has 2 heterocycles. The van der Waals surface area contributed by atoms with Gasteiger partial charge >= 0.3 is 0 Å². The lowest BCUT2D eigenvalue weighted by molar-refractivity contribution is 0.122. The molecule has 8 heteroatoms. The number of aliphatic imine (C=N–C) groups is 1. The number of hydrogen-bond acceptors (Lipinski definition) is 8. The fourth-order valence-electron chi connectivity index (χ4n) is 1.93. The zero-order chi connectivity index (χ0) is 14.5. The number of nitrogens with zero attached hydrogens (tertiary/aromatic N) is 4. The lowest BCUT2D eigenvalue weighted by Gasteiger charge is -2.29. The lowest BCUT2D eigenvalue weighted by Crippen LogP contribution is -2.37. The summed E-state index contributed by atoms with van der Waals surface area (Å²) >= 11 is 0. The summed E-state index contributed by atoms with van der Waals surface area (Å²) in [5.41, 5.74) is 18.4. The number of anilines is 3. The van der Waals surface area contributed by atoms with Crippen molar-refractivity contribution in [2.45, 2.75) is 0 Å². The van der Waals surface area contributed by atoms with E-state index in [1.807, 2.05) is 4.90 Å². The molecule has 0 bridgehead atoms. The van der Waals surface area contributed by atoms with E-state index < -0.39 is 0 Å². The van der Waals surface area contributed by atoms with Crippen LogP contribution >= 0.6 is 0 Å². The van der Waals surface area contributed by atoms with Crippen LogP contribution in [0.4, 0.5) is 17.3 Å². The highest BCUT2D eigenvalue weighted by Crippen LogP contribution is 2.27. The standard InChI is InChI=1S/C12H19N7O/c1-16-7-8(6-13)11-17-10(15)9(14)12(18-11)19-2-4-20-5-3-19/h6-7H,2-5,13-14H2,1H3,(H2,15,17,18). The van der Waals surface area contributed by atoms with Crippen LogP contribution in [0.15, 0.2) is 11.2 Å². The fraction of sp³-hybridized carbons (Fsp3) is 0.417. The van der Waals surface area contributed by atoms with E-state index in [9.17, 15) is 0 Å². The Morgan fingerprint density at radius 1 is 1.30 bits per heavy atom. The molecule has 20 heavy (non-hydrogen) atoms. The van der Waals surface area contributed by atoms with E-state index in [4.69, 9.17) is 21.9 Å². The highest BCUT2D eigenvalue weighted by atomic mass is 16.5. The predicted molar refractivity (Wildman–Crippen MR) is 80.5 cm³/mol. The molecule has 0 unspecified atom stereocenters. The molecular formula is C12H19N7O. The topological polar surface area (TPSA) is 129 Å². The minimum Gasteiger partial charge on any atom is -0.404 e. The second kappa shape index (κ2) is 6.20. The third-order valence-corrected chi connectivity index (χ3v) is 2.97. The van der Waals surface area contributed by atoms with Gasteiger partial charge in [-0.1, -0.05) is 0 Å². The maximum Gasteiger partial charge on any atom is 0.167 e. The normalized spacial score (nSPS) is 16.9. The Hall–Kier alpha value is -2.35. The van der Waals surface area contributed by atoms with Gasteiger partial charge in [-0.25, -0.2) is 9.97 Å². The molecule has 0 aromatic carbocycles. The maximum absolute atomic E-state index is 5.98. The van der Waals surface area contributed by atoms with Crippen molar-refractivity contribution in [3.05, 3.63) is 12.0 Å². The minimum absolute atomic E-state index is 0.236. The lowest BCUT2D eigenvalue weighted by atomic mass is 10.2. The summed E-state index contributed by atoms with van der Waals surface area (Å²) < 4.78 is 5.32. The molecular weight excluding hydrogens is 258 g/mol. The first-order valence-electron chi connectivity index (χ1n) is 6.27. The highest BCUT2D eigenvalue weighted by Gasteiger charge is 2.19. The summed E-state index contributed by atoms with van der Waals surface area (Å²) in [4.78, 5) is 14.6. The zero-order valence-electron chi connectivity index (χ0n) is 11.4. The molecule has 0 amide bonds. The number of ether oxygens (including phenoxy) is 1. The summed E-state index contributed by atoms with van der Waals surface area (Å²) in [5.74, 6) is 1.26. The Balaban J connectivity index is 2.43. The quantitative estimate of drug-likeness (QED) is 0.634. The SMILES string of the molecule is CN=CC(=CN)c1nc(N)c(N)c(N2CCOCC2)n1. The zero-order valence-corrected chi connectivity index (χ0v) is 11.4. The van der Waals surface area contributed by atoms with E-state index in [0.29, 0.717) is 49.2 Å². The molecule has 1 aliphatic rings.